The Hall–Kier alpha value is -1.39. The molecule has 4 heteroatoms. The van der Waals surface area contributed by atoms with Gasteiger partial charge < -0.3 is 9.52 Å². The molecule has 2 atom stereocenters. The summed E-state index contributed by atoms with van der Waals surface area (Å²) in [5.74, 6) is 1.20. The molecular formula is C16H22N2O2. The first-order valence-electron chi connectivity index (χ1n) is 7.52. The predicted molar refractivity (Wildman–Crippen MR) is 78.7 cm³/mol. The number of para-hydroxylation sites is 2. The van der Waals surface area contributed by atoms with Crippen LogP contribution in [-0.4, -0.2) is 40.7 Å². The third-order valence-corrected chi connectivity index (χ3v) is 4.11. The number of hydrogen-bond acceptors (Lipinski definition) is 4. The molecule has 3 rings (SSSR count). The lowest BCUT2D eigenvalue weighted by Gasteiger charge is -2.32. The van der Waals surface area contributed by atoms with Crippen LogP contribution in [0, 0.1) is 0 Å². The van der Waals surface area contributed by atoms with E-state index in [1.54, 1.807) is 0 Å². The van der Waals surface area contributed by atoms with Gasteiger partial charge in [0.1, 0.15) is 5.52 Å². The van der Waals surface area contributed by atoms with Crippen LogP contribution in [0.1, 0.15) is 38.0 Å². The number of aliphatic hydroxyl groups is 1. The summed E-state index contributed by atoms with van der Waals surface area (Å²) >= 11 is 0. The van der Waals surface area contributed by atoms with Crippen LogP contribution in [0.2, 0.25) is 0 Å². The van der Waals surface area contributed by atoms with E-state index in [1.807, 2.05) is 31.2 Å². The summed E-state index contributed by atoms with van der Waals surface area (Å²) in [5.41, 5.74) is 1.81. The number of fused-ring (bicyclic) bond motifs is 1. The van der Waals surface area contributed by atoms with Crippen molar-refractivity contribution in [3.63, 3.8) is 0 Å². The van der Waals surface area contributed by atoms with E-state index in [0.29, 0.717) is 5.92 Å². The van der Waals surface area contributed by atoms with Gasteiger partial charge in [0, 0.05) is 19.0 Å². The maximum Gasteiger partial charge on any atom is 0.199 e. The first kappa shape index (κ1) is 13.6. The average molecular weight is 274 g/mol. The molecule has 0 saturated carbocycles. The second-order valence-electron chi connectivity index (χ2n) is 5.68. The Morgan fingerprint density at radius 2 is 2.30 bits per heavy atom. The Kier molecular flexibility index (Phi) is 4.03. The zero-order chi connectivity index (χ0) is 13.9. The number of rotatable bonds is 4. The number of oxazole rings is 1. The number of hydrogen-bond donors (Lipinski definition) is 1. The second-order valence-corrected chi connectivity index (χ2v) is 5.68. The maximum atomic E-state index is 9.80. The smallest absolute Gasteiger partial charge is 0.199 e. The fraction of sp³-hybridized carbons (Fsp3) is 0.562. The lowest BCUT2D eigenvalue weighted by atomic mass is 9.97. The molecule has 2 heterocycles. The van der Waals surface area contributed by atoms with Gasteiger partial charge in [0.2, 0.25) is 0 Å². The van der Waals surface area contributed by atoms with Gasteiger partial charge in [0.05, 0.1) is 6.10 Å². The van der Waals surface area contributed by atoms with E-state index < -0.39 is 0 Å². The number of piperidine rings is 1. The largest absolute Gasteiger partial charge is 0.440 e. The number of benzene rings is 1. The molecule has 0 bridgehead atoms. The lowest BCUT2D eigenvalue weighted by Crippen LogP contribution is -2.39. The molecule has 108 valence electrons. The lowest BCUT2D eigenvalue weighted by molar-refractivity contribution is 0.0898. The summed E-state index contributed by atoms with van der Waals surface area (Å²) < 4.78 is 5.89. The van der Waals surface area contributed by atoms with Crippen molar-refractivity contribution >= 4 is 11.1 Å². The normalized spacial score (nSPS) is 22.2. The number of β-amino-alcohol motifs (C(OH)–C–C–N with tert-alkyl or cyclic N) is 1. The molecule has 1 aliphatic rings. The van der Waals surface area contributed by atoms with Gasteiger partial charge >= 0.3 is 0 Å². The molecule has 0 spiro atoms. The summed E-state index contributed by atoms with van der Waals surface area (Å²) in [6, 6.07) is 7.92. The van der Waals surface area contributed by atoms with Gasteiger partial charge in [-0.2, -0.15) is 0 Å². The molecule has 1 aromatic heterocycles. The van der Waals surface area contributed by atoms with Crippen LogP contribution in [-0.2, 0) is 0 Å². The zero-order valence-electron chi connectivity index (χ0n) is 12.0. The Labute approximate surface area is 119 Å². The third-order valence-electron chi connectivity index (χ3n) is 4.11. The van der Waals surface area contributed by atoms with Crippen molar-refractivity contribution in [2.75, 3.05) is 19.6 Å². The fourth-order valence-electron chi connectivity index (χ4n) is 2.91. The fourth-order valence-corrected chi connectivity index (χ4v) is 2.91. The molecule has 1 aromatic carbocycles. The van der Waals surface area contributed by atoms with Crippen LogP contribution >= 0.6 is 0 Å². The molecule has 0 amide bonds. The van der Waals surface area contributed by atoms with Gasteiger partial charge in [-0.25, -0.2) is 4.98 Å². The molecule has 1 saturated heterocycles. The predicted octanol–water partition coefficient (Wildman–Crippen LogP) is 2.78. The number of nitrogens with zero attached hydrogens (tertiary/aromatic N) is 2. The van der Waals surface area contributed by atoms with Crippen LogP contribution in [0.25, 0.3) is 11.1 Å². The minimum Gasteiger partial charge on any atom is -0.440 e. The second kappa shape index (κ2) is 5.94. The topological polar surface area (TPSA) is 49.5 Å². The highest BCUT2D eigenvalue weighted by Gasteiger charge is 2.26. The van der Waals surface area contributed by atoms with Crippen molar-refractivity contribution in [1.29, 1.82) is 0 Å². The summed E-state index contributed by atoms with van der Waals surface area (Å²) in [4.78, 5) is 6.94. The van der Waals surface area contributed by atoms with Crippen LogP contribution < -0.4 is 0 Å². The van der Waals surface area contributed by atoms with Gasteiger partial charge in [0.15, 0.2) is 11.5 Å². The molecule has 0 radical (unpaired) electrons. The molecular weight excluding hydrogens is 252 g/mol. The Balaban J connectivity index is 1.72. The number of aliphatic hydroxyl groups excluding tert-OH is 1. The van der Waals surface area contributed by atoms with E-state index >= 15 is 0 Å². The zero-order valence-corrected chi connectivity index (χ0v) is 12.0. The van der Waals surface area contributed by atoms with Crippen molar-refractivity contribution in [3.05, 3.63) is 30.2 Å². The van der Waals surface area contributed by atoms with Crippen LogP contribution in [0.3, 0.4) is 0 Å². The summed E-state index contributed by atoms with van der Waals surface area (Å²) in [6.07, 6.45) is 2.84. The van der Waals surface area contributed by atoms with E-state index in [4.69, 9.17) is 4.42 Å². The average Bonchev–Trinajstić information content (AvgIpc) is 2.91. The van der Waals surface area contributed by atoms with Crippen molar-refractivity contribution in [2.24, 2.45) is 0 Å². The van der Waals surface area contributed by atoms with Crippen LogP contribution in [0.4, 0.5) is 0 Å². The van der Waals surface area contributed by atoms with Crippen molar-refractivity contribution in [1.82, 2.24) is 9.88 Å². The third kappa shape index (κ3) is 2.86. The SMILES string of the molecule is CC[C@@H](O)CN1CCCC(c2nc3ccccc3o2)C1. The molecule has 4 nitrogen and oxygen atoms in total. The monoisotopic (exact) mass is 274 g/mol. The maximum absolute atomic E-state index is 9.80. The van der Waals surface area contributed by atoms with E-state index in [2.05, 4.69) is 9.88 Å². The van der Waals surface area contributed by atoms with Gasteiger partial charge in [-0.05, 0) is 37.9 Å². The molecule has 1 aliphatic heterocycles. The van der Waals surface area contributed by atoms with Crippen molar-refractivity contribution in [3.8, 4) is 0 Å². The molecule has 2 aromatic rings. The minimum absolute atomic E-state index is 0.225. The molecule has 20 heavy (non-hydrogen) atoms. The quantitative estimate of drug-likeness (QED) is 0.931. The van der Waals surface area contributed by atoms with Gasteiger partial charge in [-0.15, -0.1) is 0 Å². The first-order chi connectivity index (χ1) is 9.76. The van der Waals surface area contributed by atoms with E-state index in [1.165, 1.54) is 0 Å². The van der Waals surface area contributed by atoms with Gasteiger partial charge in [-0.1, -0.05) is 19.1 Å². The minimum atomic E-state index is -0.225. The standard InChI is InChI=1S/C16H22N2O2/c1-2-13(19)11-18-9-5-6-12(10-18)16-17-14-7-3-4-8-15(14)20-16/h3-4,7-8,12-13,19H,2,5-6,9-11H2,1H3/t12?,13-/m1/s1. The Bertz CT molecular complexity index is 533. The summed E-state index contributed by atoms with van der Waals surface area (Å²) in [7, 11) is 0. The highest BCUT2D eigenvalue weighted by molar-refractivity contribution is 5.72. The molecule has 1 fully saturated rings. The van der Waals surface area contributed by atoms with Crippen molar-refractivity contribution < 1.29 is 9.52 Å². The van der Waals surface area contributed by atoms with Gasteiger partial charge in [0.25, 0.3) is 0 Å². The van der Waals surface area contributed by atoms with Crippen LogP contribution in [0.15, 0.2) is 28.7 Å². The van der Waals surface area contributed by atoms with Gasteiger partial charge in [-0.3, -0.25) is 4.90 Å². The van der Waals surface area contributed by atoms with Crippen LogP contribution in [0.5, 0.6) is 0 Å². The van der Waals surface area contributed by atoms with E-state index in [0.717, 1.165) is 55.9 Å². The van der Waals surface area contributed by atoms with E-state index in [-0.39, 0.29) is 6.10 Å². The highest BCUT2D eigenvalue weighted by atomic mass is 16.3. The van der Waals surface area contributed by atoms with Crippen molar-refractivity contribution in [2.45, 2.75) is 38.2 Å². The number of likely N-dealkylation sites (tertiary alicyclic amines) is 1. The Morgan fingerprint density at radius 1 is 1.45 bits per heavy atom. The van der Waals surface area contributed by atoms with E-state index in [9.17, 15) is 5.11 Å². The molecule has 0 aliphatic carbocycles. The molecule has 1 unspecified atom stereocenters. The highest BCUT2D eigenvalue weighted by Crippen LogP contribution is 2.29. The first-order valence-corrected chi connectivity index (χ1v) is 7.52. The molecule has 1 N–H and O–H groups in total. The summed E-state index contributed by atoms with van der Waals surface area (Å²) in [5, 5.41) is 9.80. The number of aromatic nitrogens is 1. The Morgan fingerprint density at radius 3 is 3.10 bits per heavy atom. The summed E-state index contributed by atoms with van der Waals surface area (Å²) in [6.45, 7) is 4.78.